The molecule has 1 fully saturated rings. The molecule has 0 bridgehead atoms. The number of amides is 1. The minimum Gasteiger partial charge on any atom is -0.454 e. The number of unbranched alkanes of at least 4 members (excludes halogenated alkanes) is 28. The third kappa shape index (κ3) is 35.7. The van der Waals surface area contributed by atoms with E-state index < -0.39 is 67.4 Å². The molecule has 8 atom stereocenters. The third-order valence-electron chi connectivity index (χ3n) is 13.5. The zero-order chi connectivity index (χ0) is 51.1. The highest BCUT2D eigenvalue weighted by Gasteiger charge is 2.47. The first kappa shape index (κ1) is 65.6. The molecule has 70 heavy (non-hydrogen) atoms. The molecule has 0 aromatic heterocycles. The maximum Gasteiger partial charge on any atom is 0.306 e. The van der Waals surface area contributed by atoms with Crippen LogP contribution in [0.25, 0.3) is 0 Å². The van der Waals surface area contributed by atoms with E-state index in [1.54, 1.807) is 6.08 Å². The lowest BCUT2D eigenvalue weighted by molar-refractivity contribution is -0.305. The number of hydrogen-bond donors (Lipinski definition) is 6. The van der Waals surface area contributed by atoms with E-state index in [1.165, 1.54) is 141 Å². The molecule has 0 aromatic carbocycles. The first-order valence-electron chi connectivity index (χ1n) is 28.9. The third-order valence-corrected chi connectivity index (χ3v) is 13.5. The van der Waals surface area contributed by atoms with Gasteiger partial charge < -0.3 is 45.1 Å². The van der Waals surface area contributed by atoms with Crippen molar-refractivity contribution in [1.29, 1.82) is 0 Å². The SMILES string of the molecule is CCCCCCCC/C=C\C/C=C/CCC(=O)OC1C(OCC(NC(=O)C(O)CCCCCCCC/C=C/CCCCCCCC)C(O)/C=C/CCCCCCCCCCCC)OC(CO)C(O)C1O. The molecule has 1 saturated heterocycles. The first-order chi connectivity index (χ1) is 34.2. The molecule has 0 spiro atoms. The van der Waals surface area contributed by atoms with Gasteiger partial charge in [-0.15, -0.1) is 0 Å². The van der Waals surface area contributed by atoms with Gasteiger partial charge in [-0.2, -0.15) is 0 Å². The number of nitrogens with one attached hydrogen (secondary N) is 1. The van der Waals surface area contributed by atoms with Crippen molar-refractivity contribution in [2.75, 3.05) is 13.2 Å². The van der Waals surface area contributed by atoms with Crippen LogP contribution in [0.2, 0.25) is 0 Å². The molecule has 11 heteroatoms. The molecule has 0 aliphatic carbocycles. The van der Waals surface area contributed by atoms with Crippen molar-refractivity contribution in [3.05, 3.63) is 48.6 Å². The largest absolute Gasteiger partial charge is 0.454 e. The summed E-state index contributed by atoms with van der Waals surface area (Å²) in [6.07, 6.45) is 46.0. The Morgan fingerprint density at radius 2 is 0.986 bits per heavy atom. The average Bonchev–Trinajstić information content (AvgIpc) is 3.36. The summed E-state index contributed by atoms with van der Waals surface area (Å²) in [5, 5.41) is 56.7. The molecular weight excluding hydrogens is 883 g/mol. The van der Waals surface area contributed by atoms with Gasteiger partial charge in [0.2, 0.25) is 5.91 Å². The lowest BCUT2D eigenvalue weighted by atomic mass is 9.99. The van der Waals surface area contributed by atoms with E-state index in [-0.39, 0.29) is 19.4 Å². The second-order valence-electron chi connectivity index (χ2n) is 20.0. The summed E-state index contributed by atoms with van der Waals surface area (Å²) >= 11 is 0. The quantitative estimate of drug-likeness (QED) is 0.0196. The topological polar surface area (TPSA) is 175 Å². The molecule has 1 aliphatic heterocycles. The number of ether oxygens (including phenoxy) is 3. The van der Waals surface area contributed by atoms with E-state index in [2.05, 4.69) is 50.4 Å². The Morgan fingerprint density at radius 3 is 1.47 bits per heavy atom. The monoisotopic (exact) mass is 990 g/mol. The number of aliphatic hydroxyl groups excluding tert-OH is 5. The van der Waals surface area contributed by atoms with Gasteiger partial charge in [0.25, 0.3) is 0 Å². The van der Waals surface area contributed by atoms with E-state index in [0.29, 0.717) is 12.8 Å². The zero-order valence-electron chi connectivity index (χ0n) is 44.9. The Kier molecular flexibility index (Phi) is 44.6. The van der Waals surface area contributed by atoms with Gasteiger partial charge in [0.1, 0.15) is 24.4 Å². The van der Waals surface area contributed by atoms with Gasteiger partial charge in [-0.05, 0) is 70.6 Å². The highest BCUT2D eigenvalue weighted by atomic mass is 16.7. The minimum atomic E-state index is -1.63. The number of allylic oxidation sites excluding steroid dienone is 7. The number of carbonyl (C=O) groups excluding carboxylic acids is 2. The smallest absolute Gasteiger partial charge is 0.306 e. The Hall–Kier alpha value is -2.38. The van der Waals surface area contributed by atoms with Crippen molar-refractivity contribution in [2.45, 2.75) is 301 Å². The van der Waals surface area contributed by atoms with Crippen molar-refractivity contribution >= 4 is 11.9 Å². The summed E-state index contributed by atoms with van der Waals surface area (Å²) in [6, 6.07) is -1.03. The van der Waals surface area contributed by atoms with Crippen molar-refractivity contribution in [1.82, 2.24) is 5.32 Å². The standard InChI is InChI=1S/C59H107NO10/c1-4-7-10-13-16-19-22-25-26-27-29-31-34-37-40-43-46-52(63)58(67)60-50(51(62)45-42-39-36-33-30-24-21-18-15-12-9-6-3)49-68-59-57(56(66)55(65)53(48-61)69-59)70-54(64)47-44-41-38-35-32-28-23-20-17-14-11-8-5-2/h25-26,28,32,38,41-42,45,50-53,55-57,59,61-63,65-66H,4-24,27,29-31,33-37,39-40,43-44,46-49H2,1-3H3,(H,60,67)/b26-25+,32-28-,41-38+,45-42+. The van der Waals surface area contributed by atoms with Crippen LogP contribution in [0.5, 0.6) is 0 Å². The molecule has 8 unspecified atom stereocenters. The van der Waals surface area contributed by atoms with E-state index in [4.69, 9.17) is 14.2 Å². The maximum atomic E-state index is 13.4. The molecule has 0 aromatic rings. The van der Waals surface area contributed by atoms with Gasteiger partial charge in [-0.3, -0.25) is 9.59 Å². The lowest BCUT2D eigenvalue weighted by Crippen LogP contribution is -2.61. The molecule has 1 aliphatic rings. The fourth-order valence-electron chi connectivity index (χ4n) is 8.82. The van der Waals surface area contributed by atoms with Crippen LogP contribution in [0.15, 0.2) is 48.6 Å². The second kappa shape index (κ2) is 47.6. The van der Waals surface area contributed by atoms with Crippen LogP contribution in [0, 0.1) is 0 Å². The van der Waals surface area contributed by atoms with Gasteiger partial charge in [-0.1, -0.05) is 223 Å². The normalized spacial score (nSPS) is 20.0. The van der Waals surface area contributed by atoms with Crippen LogP contribution in [-0.2, 0) is 23.8 Å². The predicted octanol–water partition coefficient (Wildman–Crippen LogP) is 12.9. The van der Waals surface area contributed by atoms with Crippen molar-refractivity contribution < 1.29 is 49.3 Å². The van der Waals surface area contributed by atoms with E-state index in [9.17, 15) is 35.1 Å². The number of aliphatic hydroxyl groups is 5. The average molecular weight is 991 g/mol. The predicted molar refractivity (Wildman–Crippen MR) is 287 cm³/mol. The zero-order valence-corrected chi connectivity index (χ0v) is 44.9. The Balaban J connectivity index is 2.76. The molecule has 1 amide bonds. The lowest BCUT2D eigenvalue weighted by Gasteiger charge is -2.41. The summed E-state index contributed by atoms with van der Waals surface area (Å²) in [5.41, 5.74) is 0. The Morgan fingerprint density at radius 1 is 0.557 bits per heavy atom. The fourth-order valence-corrected chi connectivity index (χ4v) is 8.82. The molecular formula is C59H107NO10. The van der Waals surface area contributed by atoms with Crippen LogP contribution in [-0.4, -0.2) is 99.6 Å². The van der Waals surface area contributed by atoms with Gasteiger partial charge in [-0.25, -0.2) is 0 Å². The van der Waals surface area contributed by atoms with Crippen molar-refractivity contribution in [3.63, 3.8) is 0 Å². The van der Waals surface area contributed by atoms with Crippen molar-refractivity contribution in [3.8, 4) is 0 Å². The number of rotatable bonds is 48. The van der Waals surface area contributed by atoms with Crippen molar-refractivity contribution in [2.24, 2.45) is 0 Å². The summed E-state index contributed by atoms with van der Waals surface area (Å²) in [4.78, 5) is 26.4. The van der Waals surface area contributed by atoms with Gasteiger partial charge in [0.15, 0.2) is 12.4 Å². The molecule has 408 valence electrons. The molecule has 11 nitrogen and oxygen atoms in total. The summed E-state index contributed by atoms with van der Waals surface area (Å²) in [5.74, 6) is -1.27. The van der Waals surface area contributed by atoms with E-state index in [1.807, 2.05) is 18.2 Å². The number of esters is 1. The molecule has 1 rings (SSSR count). The van der Waals surface area contributed by atoms with Crippen LogP contribution < -0.4 is 5.32 Å². The molecule has 6 N–H and O–H groups in total. The first-order valence-corrected chi connectivity index (χ1v) is 28.9. The maximum absolute atomic E-state index is 13.4. The van der Waals surface area contributed by atoms with Crippen LogP contribution in [0.3, 0.4) is 0 Å². The summed E-state index contributed by atoms with van der Waals surface area (Å²) in [6.45, 7) is 5.73. The van der Waals surface area contributed by atoms with Crippen LogP contribution in [0.1, 0.15) is 252 Å². The molecule has 0 radical (unpaired) electrons. The summed E-state index contributed by atoms with van der Waals surface area (Å²) in [7, 11) is 0. The van der Waals surface area contributed by atoms with Gasteiger partial charge in [0.05, 0.1) is 25.4 Å². The number of hydrogen-bond acceptors (Lipinski definition) is 10. The van der Waals surface area contributed by atoms with Gasteiger partial charge >= 0.3 is 5.97 Å². The highest BCUT2D eigenvalue weighted by Crippen LogP contribution is 2.26. The van der Waals surface area contributed by atoms with E-state index >= 15 is 0 Å². The molecule has 0 saturated carbocycles. The van der Waals surface area contributed by atoms with Crippen LogP contribution in [0.4, 0.5) is 0 Å². The minimum absolute atomic E-state index is 0.0174. The number of carbonyl (C=O) groups is 2. The Labute approximate surface area is 427 Å². The highest BCUT2D eigenvalue weighted by molar-refractivity contribution is 5.80. The van der Waals surface area contributed by atoms with Gasteiger partial charge in [0, 0.05) is 6.42 Å². The Bertz CT molecular complexity index is 1320. The van der Waals surface area contributed by atoms with E-state index in [0.717, 1.165) is 64.2 Å². The molecule has 1 heterocycles. The summed E-state index contributed by atoms with van der Waals surface area (Å²) < 4.78 is 17.5. The van der Waals surface area contributed by atoms with Crippen LogP contribution >= 0.6 is 0 Å². The second-order valence-corrected chi connectivity index (χ2v) is 20.0. The fraction of sp³-hybridized carbons (Fsp3) is 0.831.